The van der Waals surface area contributed by atoms with Crippen molar-refractivity contribution in [3.05, 3.63) is 117 Å². The van der Waals surface area contributed by atoms with Crippen molar-refractivity contribution in [1.29, 1.82) is 0 Å². The molecule has 15 heteroatoms. The molecule has 12 nitrogen and oxygen atoms in total. The Bertz CT molecular complexity index is 2280. The maximum atomic E-state index is 14.5. The third-order valence-electron chi connectivity index (χ3n) is 7.95. The van der Waals surface area contributed by atoms with E-state index in [0.29, 0.717) is 34.4 Å². The standard InChI is InChI=1S/C38H36Cl2FN7O5/c1-7-30(49)44-27-17-24(41)15-21(2)35(27)45-38-42-19-23-16-26(32-33(39)28(52-5)18-29(53-6)34(32)40)37(51)48(36(23)46-38)20-22-10-12-25(13-11-22)43-31(50)9-8-14-47(3)4/h7-13,15-19H,1,14,20H2,2-6H3,(H,43,50)(H,44,49)(H,42,45,46)/b9-8+. The van der Waals surface area contributed by atoms with Crippen LogP contribution in [0.25, 0.3) is 22.2 Å². The summed E-state index contributed by atoms with van der Waals surface area (Å²) in [6.45, 7) is 5.76. The highest BCUT2D eigenvalue weighted by molar-refractivity contribution is 6.41. The normalized spacial score (nSPS) is 11.2. The van der Waals surface area contributed by atoms with E-state index < -0.39 is 17.3 Å². The Labute approximate surface area is 314 Å². The quantitative estimate of drug-likeness (QED) is 0.106. The van der Waals surface area contributed by atoms with Crippen LogP contribution in [0.5, 0.6) is 11.5 Å². The molecule has 3 N–H and O–H groups in total. The average Bonchev–Trinajstić information content (AvgIpc) is 3.12. The van der Waals surface area contributed by atoms with Crippen LogP contribution in [0.1, 0.15) is 11.1 Å². The van der Waals surface area contributed by atoms with Crippen molar-refractivity contribution < 1.29 is 23.5 Å². The summed E-state index contributed by atoms with van der Waals surface area (Å²) in [5, 5.41) is 9.12. The highest BCUT2D eigenvalue weighted by Crippen LogP contribution is 2.45. The molecular formula is C38H36Cl2FN7O5. The predicted molar refractivity (Wildman–Crippen MR) is 207 cm³/mol. The number of amides is 2. The minimum absolute atomic E-state index is 0.0309. The molecule has 0 bridgehead atoms. The van der Waals surface area contributed by atoms with Gasteiger partial charge in [0.2, 0.25) is 17.8 Å². The van der Waals surface area contributed by atoms with Crippen LogP contribution in [0.4, 0.5) is 27.4 Å². The van der Waals surface area contributed by atoms with E-state index in [1.165, 1.54) is 43.2 Å². The molecule has 5 aromatic rings. The first-order valence-corrected chi connectivity index (χ1v) is 16.8. The molecule has 0 fully saturated rings. The number of carbonyl (C=O) groups excluding carboxylic acids is 2. The van der Waals surface area contributed by atoms with Gasteiger partial charge in [-0.05, 0) is 68.6 Å². The minimum atomic E-state index is -0.564. The Kier molecular flexibility index (Phi) is 12.1. The van der Waals surface area contributed by atoms with E-state index in [4.69, 9.17) is 37.7 Å². The van der Waals surface area contributed by atoms with Gasteiger partial charge in [-0.15, -0.1) is 0 Å². The summed E-state index contributed by atoms with van der Waals surface area (Å²) in [4.78, 5) is 50.2. The van der Waals surface area contributed by atoms with Gasteiger partial charge in [0, 0.05) is 41.5 Å². The number of anilines is 4. The van der Waals surface area contributed by atoms with E-state index in [-0.39, 0.29) is 62.4 Å². The maximum Gasteiger partial charge on any atom is 0.260 e. The van der Waals surface area contributed by atoms with Crippen molar-refractivity contribution in [1.82, 2.24) is 19.4 Å². The van der Waals surface area contributed by atoms with Gasteiger partial charge in [-0.3, -0.25) is 19.0 Å². The largest absolute Gasteiger partial charge is 0.495 e. The Morgan fingerprint density at radius 2 is 1.68 bits per heavy atom. The van der Waals surface area contributed by atoms with E-state index in [9.17, 15) is 18.8 Å². The first kappa shape index (κ1) is 38.5. The summed E-state index contributed by atoms with van der Waals surface area (Å²) in [7, 11) is 6.67. The summed E-state index contributed by atoms with van der Waals surface area (Å²) >= 11 is 13.5. The van der Waals surface area contributed by atoms with Gasteiger partial charge in [-0.1, -0.05) is 48.0 Å². The van der Waals surface area contributed by atoms with E-state index in [0.717, 1.165) is 12.1 Å². The Morgan fingerprint density at radius 3 is 2.30 bits per heavy atom. The molecule has 3 aromatic carbocycles. The fourth-order valence-electron chi connectivity index (χ4n) is 5.40. The lowest BCUT2D eigenvalue weighted by Gasteiger charge is -2.18. The van der Waals surface area contributed by atoms with Crippen LogP contribution < -0.4 is 31.0 Å². The number of nitrogens with zero attached hydrogens (tertiary/aromatic N) is 4. The number of nitrogens with one attached hydrogen (secondary N) is 3. The topological polar surface area (TPSA) is 140 Å². The number of hydrogen-bond acceptors (Lipinski definition) is 9. The van der Waals surface area contributed by atoms with Crippen LogP contribution in [0.15, 0.2) is 84.3 Å². The third-order valence-corrected chi connectivity index (χ3v) is 8.70. The summed E-state index contributed by atoms with van der Waals surface area (Å²) in [5.74, 6) is -0.845. The zero-order chi connectivity index (χ0) is 38.4. The molecule has 2 aromatic heterocycles. The summed E-state index contributed by atoms with van der Waals surface area (Å²) < 4.78 is 26.7. The number of pyridine rings is 1. The van der Waals surface area contributed by atoms with Crippen LogP contribution >= 0.6 is 23.2 Å². The number of carbonyl (C=O) groups is 2. The number of fused-ring (bicyclic) bond motifs is 1. The molecule has 0 unspecified atom stereocenters. The highest BCUT2D eigenvalue weighted by Gasteiger charge is 2.24. The number of methoxy groups -OCH3 is 2. The first-order valence-electron chi connectivity index (χ1n) is 16.1. The summed E-state index contributed by atoms with van der Waals surface area (Å²) in [6, 6.07) is 12.5. The molecule has 0 aliphatic heterocycles. The van der Waals surface area contributed by atoms with Crippen molar-refractivity contribution in [3.8, 4) is 22.6 Å². The van der Waals surface area contributed by atoms with Crippen molar-refractivity contribution in [3.63, 3.8) is 0 Å². The van der Waals surface area contributed by atoms with Crippen LogP contribution in [0, 0.1) is 12.7 Å². The smallest absolute Gasteiger partial charge is 0.260 e. The van der Waals surface area contributed by atoms with Gasteiger partial charge < -0.3 is 30.3 Å². The van der Waals surface area contributed by atoms with Crippen molar-refractivity contribution >= 4 is 69.1 Å². The minimum Gasteiger partial charge on any atom is -0.495 e. The molecule has 2 amide bonds. The van der Waals surface area contributed by atoms with Crippen LogP contribution in [0.2, 0.25) is 10.0 Å². The molecule has 0 spiro atoms. The Morgan fingerprint density at radius 1 is 1.00 bits per heavy atom. The van der Waals surface area contributed by atoms with Gasteiger partial charge in [-0.2, -0.15) is 4.98 Å². The maximum absolute atomic E-state index is 14.5. The molecule has 0 aliphatic carbocycles. The molecular weight excluding hydrogens is 724 g/mol. The molecule has 0 saturated carbocycles. The highest BCUT2D eigenvalue weighted by atomic mass is 35.5. The second kappa shape index (κ2) is 16.7. The average molecular weight is 761 g/mol. The van der Waals surface area contributed by atoms with Crippen LogP contribution in [-0.4, -0.2) is 66.1 Å². The van der Waals surface area contributed by atoms with Gasteiger partial charge in [-0.25, -0.2) is 9.37 Å². The van der Waals surface area contributed by atoms with Crippen LogP contribution in [0.3, 0.4) is 0 Å². The summed E-state index contributed by atoms with van der Waals surface area (Å²) in [5.41, 5.74) is 2.25. The van der Waals surface area contributed by atoms with E-state index in [2.05, 4.69) is 27.5 Å². The molecule has 0 aliphatic rings. The lowest BCUT2D eigenvalue weighted by molar-refractivity contribution is -0.112. The van der Waals surface area contributed by atoms with Crippen molar-refractivity contribution in [2.75, 3.05) is 50.8 Å². The Hall–Kier alpha value is -5.76. The van der Waals surface area contributed by atoms with Gasteiger partial charge >= 0.3 is 0 Å². The first-order chi connectivity index (χ1) is 25.3. The number of aryl methyl sites for hydroxylation is 1. The molecule has 0 saturated heterocycles. The van der Waals surface area contributed by atoms with Crippen molar-refractivity contribution in [2.45, 2.75) is 13.5 Å². The van der Waals surface area contributed by atoms with E-state index in [1.807, 2.05) is 19.0 Å². The number of ether oxygens (including phenoxy) is 2. The van der Waals surface area contributed by atoms with Gasteiger partial charge in [0.25, 0.3) is 5.56 Å². The second-order valence-electron chi connectivity index (χ2n) is 12.0. The molecule has 53 heavy (non-hydrogen) atoms. The molecule has 274 valence electrons. The van der Waals surface area contributed by atoms with E-state index >= 15 is 0 Å². The Balaban J connectivity index is 1.63. The van der Waals surface area contributed by atoms with E-state index in [1.54, 1.807) is 43.3 Å². The number of benzene rings is 3. The zero-order valence-corrected chi connectivity index (χ0v) is 31.0. The second-order valence-corrected chi connectivity index (χ2v) is 12.8. The predicted octanol–water partition coefficient (Wildman–Crippen LogP) is 7.20. The number of aromatic nitrogens is 3. The molecule has 0 atom stereocenters. The number of halogens is 3. The van der Waals surface area contributed by atoms with Crippen molar-refractivity contribution in [2.24, 2.45) is 0 Å². The van der Waals surface area contributed by atoms with Gasteiger partial charge in [0.1, 0.15) is 23.0 Å². The fraction of sp³-hybridized carbons (Fsp3) is 0.184. The number of rotatable bonds is 13. The van der Waals surface area contributed by atoms with Gasteiger partial charge in [0.05, 0.1) is 47.7 Å². The summed E-state index contributed by atoms with van der Waals surface area (Å²) in [6.07, 6.45) is 5.79. The zero-order valence-electron chi connectivity index (χ0n) is 29.5. The lowest BCUT2D eigenvalue weighted by atomic mass is 10.0. The van der Waals surface area contributed by atoms with Gasteiger partial charge in [0.15, 0.2) is 0 Å². The monoisotopic (exact) mass is 759 g/mol. The fourth-order valence-corrected chi connectivity index (χ4v) is 6.11. The molecule has 2 heterocycles. The van der Waals surface area contributed by atoms with Crippen LogP contribution in [-0.2, 0) is 16.1 Å². The molecule has 5 rings (SSSR count). The molecule has 0 radical (unpaired) electrons. The number of likely N-dealkylation sites (N-methyl/N-ethyl adjacent to an activating group) is 1. The number of hydrogen-bond donors (Lipinski definition) is 3. The third kappa shape index (κ3) is 8.83. The SMILES string of the molecule is C=CC(=O)Nc1cc(F)cc(C)c1Nc1ncc2cc(-c3c(Cl)c(OC)cc(OC)c3Cl)c(=O)n(Cc3ccc(NC(=O)/C=C/CN(C)C)cc3)c2n1. The lowest BCUT2D eigenvalue weighted by Crippen LogP contribution is -2.24.